The molecule has 0 aliphatic carbocycles. The number of amidine groups is 1. The summed E-state index contributed by atoms with van der Waals surface area (Å²) in [4.78, 5) is 30.6. The van der Waals surface area contributed by atoms with Gasteiger partial charge in [0.05, 0.1) is 0 Å². The lowest BCUT2D eigenvalue weighted by Crippen LogP contribution is -2.48. The summed E-state index contributed by atoms with van der Waals surface area (Å²) in [5, 5.41) is 13.9. The number of nitrogens with zero attached hydrogens (tertiary/aromatic N) is 2. The molecule has 0 spiro atoms. The average Bonchev–Trinajstić information content (AvgIpc) is 3.63. The molecule has 41 heavy (non-hydrogen) atoms. The van der Waals surface area contributed by atoms with Gasteiger partial charge in [0.1, 0.15) is 11.7 Å². The van der Waals surface area contributed by atoms with Crippen molar-refractivity contribution in [3.8, 4) is 0 Å². The third-order valence-electron chi connectivity index (χ3n) is 7.53. The third kappa shape index (κ3) is 6.17. The number of ether oxygens (including phenoxy) is 1. The van der Waals surface area contributed by atoms with E-state index in [2.05, 4.69) is 15.5 Å². The highest BCUT2D eigenvalue weighted by atomic mass is 19.1. The zero-order valence-corrected chi connectivity index (χ0v) is 23.1. The second-order valence-corrected chi connectivity index (χ2v) is 10.2. The second-order valence-electron chi connectivity index (χ2n) is 10.2. The molecule has 214 valence electrons. The molecule has 1 saturated heterocycles. The highest BCUT2D eigenvalue weighted by Gasteiger charge is 2.37. The molecule has 3 aromatic carbocycles. The SMILES string of the molecule is CCO[C@@H](C(=O)NCc1ccc(C(=N)N)cc1NCc1ccccc1F)N1Cc2ccc(N3CCCC3)cc2C1=O. The fourth-order valence-electron chi connectivity index (χ4n) is 5.30. The first-order chi connectivity index (χ1) is 19.9. The number of hydrogen-bond acceptors (Lipinski definition) is 6. The van der Waals surface area contributed by atoms with Crippen LogP contribution in [0.25, 0.3) is 0 Å². The lowest BCUT2D eigenvalue weighted by atomic mass is 10.1. The topological polar surface area (TPSA) is 124 Å². The summed E-state index contributed by atoms with van der Waals surface area (Å²) in [6, 6.07) is 17.5. The Morgan fingerprint density at radius 1 is 1.07 bits per heavy atom. The van der Waals surface area contributed by atoms with Gasteiger partial charge in [-0.2, -0.15) is 0 Å². The van der Waals surface area contributed by atoms with Crippen LogP contribution in [0, 0.1) is 11.2 Å². The van der Waals surface area contributed by atoms with Gasteiger partial charge in [0.15, 0.2) is 0 Å². The van der Waals surface area contributed by atoms with Gasteiger partial charge >= 0.3 is 0 Å². The monoisotopic (exact) mass is 558 g/mol. The van der Waals surface area contributed by atoms with Crippen LogP contribution in [0.5, 0.6) is 0 Å². The fraction of sp³-hybridized carbons (Fsp3) is 0.323. The number of carbonyl (C=O) groups is 2. The van der Waals surface area contributed by atoms with E-state index in [-0.39, 0.29) is 43.8 Å². The zero-order chi connectivity index (χ0) is 28.9. The van der Waals surface area contributed by atoms with Crippen molar-refractivity contribution in [3.05, 3.63) is 94.3 Å². The lowest BCUT2D eigenvalue weighted by Gasteiger charge is -2.26. The Morgan fingerprint density at radius 2 is 1.85 bits per heavy atom. The van der Waals surface area contributed by atoms with E-state index in [9.17, 15) is 14.0 Å². The molecule has 3 aromatic rings. The summed E-state index contributed by atoms with van der Waals surface area (Å²) in [5.41, 5.74) is 10.5. The van der Waals surface area contributed by atoms with Crippen LogP contribution in [0.3, 0.4) is 0 Å². The van der Waals surface area contributed by atoms with E-state index in [4.69, 9.17) is 15.9 Å². The van der Waals surface area contributed by atoms with Gasteiger partial charge in [0.25, 0.3) is 11.8 Å². The number of amides is 2. The van der Waals surface area contributed by atoms with Gasteiger partial charge in [-0.15, -0.1) is 0 Å². The molecular weight excluding hydrogens is 523 g/mol. The molecule has 2 aliphatic heterocycles. The van der Waals surface area contributed by atoms with Gasteiger partial charge < -0.3 is 30.9 Å². The molecule has 0 radical (unpaired) electrons. The number of benzene rings is 3. The van der Waals surface area contributed by atoms with Crippen molar-refractivity contribution in [2.45, 2.75) is 45.6 Å². The minimum atomic E-state index is -1.10. The van der Waals surface area contributed by atoms with Crippen LogP contribution in [0.1, 0.15) is 52.4 Å². The summed E-state index contributed by atoms with van der Waals surface area (Å²) < 4.78 is 20.0. The van der Waals surface area contributed by atoms with Crippen LogP contribution in [0.4, 0.5) is 15.8 Å². The second kappa shape index (κ2) is 12.4. The highest BCUT2D eigenvalue weighted by Crippen LogP contribution is 2.30. The number of anilines is 2. The van der Waals surface area contributed by atoms with E-state index in [1.54, 1.807) is 43.3 Å². The summed E-state index contributed by atoms with van der Waals surface area (Å²) in [6.45, 7) is 4.60. The molecule has 0 saturated carbocycles. The molecule has 0 bridgehead atoms. The van der Waals surface area contributed by atoms with Crippen LogP contribution in [-0.4, -0.2) is 48.5 Å². The van der Waals surface area contributed by atoms with E-state index in [1.165, 1.54) is 11.0 Å². The Bertz CT molecular complexity index is 1460. The predicted molar refractivity (Wildman–Crippen MR) is 156 cm³/mol. The van der Waals surface area contributed by atoms with E-state index >= 15 is 0 Å². The largest absolute Gasteiger partial charge is 0.384 e. The van der Waals surface area contributed by atoms with Gasteiger partial charge in [-0.05, 0) is 55.2 Å². The first kappa shape index (κ1) is 28.1. The lowest BCUT2D eigenvalue weighted by molar-refractivity contribution is -0.143. The number of nitrogen functional groups attached to an aromatic ring is 1. The van der Waals surface area contributed by atoms with Crippen LogP contribution in [-0.2, 0) is 29.2 Å². The predicted octanol–water partition coefficient (Wildman–Crippen LogP) is 3.96. The smallest absolute Gasteiger partial charge is 0.270 e. The number of nitrogens with one attached hydrogen (secondary N) is 3. The molecule has 5 N–H and O–H groups in total. The molecule has 0 aromatic heterocycles. The molecule has 2 heterocycles. The number of fused-ring (bicyclic) bond motifs is 1. The molecule has 5 rings (SSSR count). The van der Waals surface area contributed by atoms with E-state index in [0.29, 0.717) is 27.9 Å². The minimum absolute atomic E-state index is 0.106. The zero-order valence-electron chi connectivity index (χ0n) is 23.1. The standard InChI is InChI=1S/C31H35FN6O3/c1-2-41-31(38-19-23-11-12-24(16-25(23)30(38)40)37-13-5-6-14-37)29(39)36-18-22-10-9-20(28(33)34)15-27(22)35-17-21-7-3-4-8-26(21)32/h3-4,7-12,15-16,31,35H,2,5-6,13-14,17-19H2,1H3,(H3,33,34)(H,36,39)/t31-/m0/s1. The average molecular weight is 559 g/mol. The van der Waals surface area contributed by atoms with Crippen LogP contribution < -0.4 is 21.3 Å². The normalized spacial score (nSPS) is 15.1. The first-order valence-corrected chi connectivity index (χ1v) is 13.9. The van der Waals surface area contributed by atoms with Gasteiger partial charge in [-0.1, -0.05) is 36.4 Å². The third-order valence-corrected chi connectivity index (χ3v) is 7.53. The number of nitrogens with two attached hydrogens (primary N) is 1. The van der Waals surface area contributed by atoms with Gasteiger partial charge in [-0.3, -0.25) is 15.0 Å². The van der Waals surface area contributed by atoms with Crippen molar-refractivity contribution in [1.29, 1.82) is 5.41 Å². The van der Waals surface area contributed by atoms with Gasteiger partial charge in [0, 0.05) is 67.4 Å². The summed E-state index contributed by atoms with van der Waals surface area (Å²) in [5.74, 6) is -1.11. The maximum absolute atomic E-state index is 14.2. The first-order valence-electron chi connectivity index (χ1n) is 13.9. The van der Waals surface area contributed by atoms with Gasteiger partial charge in [0.2, 0.25) is 6.23 Å². The Labute approximate surface area is 239 Å². The molecule has 9 nitrogen and oxygen atoms in total. The molecule has 10 heteroatoms. The molecule has 1 atom stereocenters. The van der Waals surface area contributed by atoms with Crippen molar-refractivity contribution in [2.24, 2.45) is 5.73 Å². The summed E-state index contributed by atoms with van der Waals surface area (Å²) in [7, 11) is 0. The molecule has 1 fully saturated rings. The fourth-order valence-corrected chi connectivity index (χ4v) is 5.30. The van der Waals surface area contributed by atoms with Crippen LogP contribution in [0.2, 0.25) is 0 Å². The number of carbonyl (C=O) groups excluding carboxylic acids is 2. The van der Waals surface area contributed by atoms with Crippen LogP contribution >= 0.6 is 0 Å². The molecule has 2 amide bonds. The molecule has 2 aliphatic rings. The molecule has 0 unspecified atom stereocenters. The van der Waals surface area contributed by atoms with Crippen molar-refractivity contribution in [1.82, 2.24) is 10.2 Å². The van der Waals surface area contributed by atoms with Crippen molar-refractivity contribution >= 4 is 29.0 Å². The maximum Gasteiger partial charge on any atom is 0.270 e. The quantitative estimate of drug-likeness (QED) is 0.209. The summed E-state index contributed by atoms with van der Waals surface area (Å²) >= 11 is 0. The Kier molecular flexibility index (Phi) is 8.49. The van der Waals surface area contributed by atoms with Crippen molar-refractivity contribution in [3.63, 3.8) is 0 Å². The number of halogens is 1. The maximum atomic E-state index is 14.2. The van der Waals surface area contributed by atoms with E-state index in [0.717, 1.165) is 37.2 Å². The van der Waals surface area contributed by atoms with Crippen LogP contribution in [0.15, 0.2) is 60.7 Å². The Morgan fingerprint density at radius 3 is 2.59 bits per heavy atom. The summed E-state index contributed by atoms with van der Waals surface area (Å²) in [6.07, 6.45) is 1.19. The number of hydrogen-bond donors (Lipinski definition) is 4. The van der Waals surface area contributed by atoms with E-state index < -0.39 is 12.1 Å². The Balaban J connectivity index is 1.30. The highest BCUT2D eigenvalue weighted by molar-refractivity contribution is 6.01. The number of rotatable bonds is 11. The minimum Gasteiger partial charge on any atom is -0.384 e. The van der Waals surface area contributed by atoms with Crippen molar-refractivity contribution < 1.29 is 18.7 Å². The Hall–Kier alpha value is -4.44. The van der Waals surface area contributed by atoms with Gasteiger partial charge in [-0.25, -0.2) is 4.39 Å². The van der Waals surface area contributed by atoms with Crippen molar-refractivity contribution in [2.75, 3.05) is 29.9 Å². The molecular formula is C31H35FN6O3. The van der Waals surface area contributed by atoms with E-state index in [1.807, 2.05) is 18.2 Å².